The molecule has 3 aromatic rings. The number of nitrogens with one attached hydrogen (secondary N) is 2. The normalized spacial score (nSPS) is 10.3. The predicted octanol–water partition coefficient (Wildman–Crippen LogP) is 2.34. The van der Waals surface area contributed by atoms with Crippen LogP contribution < -0.4 is 21.5 Å². The molecular formula is C25H37N7O6. The van der Waals surface area contributed by atoms with Gasteiger partial charge in [-0.3, -0.25) is 19.4 Å². The van der Waals surface area contributed by atoms with Crippen molar-refractivity contribution in [1.29, 1.82) is 0 Å². The van der Waals surface area contributed by atoms with Crippen molar-refractivity contribution in [2.45, 2.75) is 60.0 Å². The number of rotatable bonds is 9. The maximum Gasteiger partial charge on any atom is 0.326 e. The van der Waals surface area contributed by atoms with Crippen molar-refractivity contribution in [1.82, 2.24) is 25.3 Å². The van der Waals surface area contributed by atoms with Gasteiger partial charge in [0.25, 0.3) is 5.56 Å². The number of H-pyrrole nitrogens is 1. The third-order valence-electron chi connectivity index (χ3n) is 4.57. The number of fused-ring (bicyclic) bond motifs is 1. The maximum absolute atomic E-state index is 11.9. The number of aromatic nitrogens is 4. The standard InChI is InChI=1S/C15H16N6O.C6H9NO5.2C2H6/c1-9-3-5-11(6-4-9)21(2)8-10-7-17-13-12(18-10)14(22)20-15(16)19-13;8-3-7-4(6(11)12)1-2-5(9)10;2*1-2/h3-7H,8H2,1-2H3,(H3,16,17,19,20,22);3-4H,1-2H2,(H,7,8)(H,9,10)(H,11,12);2*1-2H3. The molecule has 0 bridgehead atoms. The van der Waals surface area contributed by atoms with Gasteiger partial charge in [0.1, 0.15) is 6.04 Å². The first kappa shape index (κ1) is 33.4. The number of amides is 1. The van der Waals surface area contributed by atoms with Crippen LogP contribution in [0.15, 0.2) is 35.3 Å². The van der Waals surface area contributed by atoms with Gasteiger partial charge in [-0.1, -0.05) is 45.4 Å². The van der Waals surface area contributed by atoms with Gasteiger partial charge in [-0.05, 0) is 25.5 Å². The number of carbonyl (C=O) groups is 3. The topological polar surface area (TPSA) is 204 Å². The SMILES string of the molecule is CC.CC.Cc1ccc(N(C)Cc2cnc3nc(N)[nH]c(=O)c3n2)cc1.O=CNC(CCC(=O)O)C(=O)O. The number of carbonyl (C=O) groups excluding carboxylic acids is 1. The highest BCUT2D eigenvalue weighted by Gasteiger charge is 2.16. The van der Waals surface area contributed by atoms with Gasteiger partial charge in [0.15, 0.2) is 11.2 Å². The van der Waals surface area contributed by atoms with Crippen LogP contribution in [0.25, 0.3) is 11.2 Å². The molecule has 0 aliphatic carbocycles. The summed E-state index contributed by atoms with van der Waals surface area (Å²) in [5, 5.41) is 18.6. The van der Waals surface area contributed by atoms with Crippen LogP contribution in [0.2, 0.25) is 0 Å². The lowest BCUT2D eigenvalue weighted by atomic mass is 10.1. The molecule has 2 aromatic heterocycles. The molecule has 1 unspecified atom stereocenters. The fourth-order valence-corrected chi connectivity index (χ4v) is 2.81. The zero-order chi connectivity index (χ0) is 29.3. The van der Waals surface area contributed by atoms with Crippen molar-refractivity contribution in [2.24, 2.45) is 0 Å². The summed E-state index contributed by atoms with van der Waals surface area (Å²) in [5.74, 6) is -2.28. The average Bonchev–Trinajstić information content (AvgIpc) is 2.89. The van der Waals surface area contributed by atoms with Gasteiger partial charge in [-0.25, -0.2) is 14.8 Å². The zero-order valence-electron chi connectivity index (χ0n) is 22.6. The molecule has 0 radical (unpaired) electrons. The van der Waals surface area contributed by atoms with Crippen LogP contribution in [0.3, 0.4) is 0 Å². The molecule has 1 atom stereocenters. The van der Waals surface area contributed by atoms with E-state index < -0.39 is 18.0 Å². The number of anilines is 2. The van der Waals surface area contributed by atoms with Gasteiger partial charge in [0.2, 0.25) is 12.4 Å². The Hall–Kier alpha value is -4.55. The molecular weight excluding hydrogens is 494 g/mol. The van der Waals surface area contributed by atoms with E-state index in [0.717, 1.165) is 5.69 Å². The Morgan fingerprint density at radius 3 is 2.26 bits per heavy atom. The van der Waals surface area contributed by atoms with Crippen LogP contribution in [0.4, 0.5) is 11.6 Å². The first-order chi connectivity index (χ1) is 18.1. The number of aryl methyl sites for hydroxylation is 1. The molecule has 6 N–H and O–H groups in total. The highest BCUT2D eigenvalue weighted by molar-refractivity contribution is 5.77. The van der Waals surface area contributed by atoms with Gasteiger partial charge in [0.05, 0.1) is 18.4 Å². The number of carboxylic acid groups (broad SMARTS) is 2. The van der Waals surface area contributed by atoms with Gasteiger partial charge in [-0.15, -0.1) is 0 Å². The number of benzene rings is 1. The number of carboxylic acids is 2. The molecule has 2 heterocycles. The predicted molar refractivity (Wildman–Crippen MR) is 146 cm³/mol. The fraction of sp³-hybridized carbons (Fsp3) is 0.400. The number of hydrogen-bond donors (Lipinski definition) is 5. The number of nitrogens with zero attached hydrogens (tertiary/aromatic N) is 4. The monoisotopic (exact) mass is 531 g/mol. The van der Waals surface area contributed by atoms with E-state index in [4.69, 9.17) is 15.9 Å². The average molecular weight is 532 g/mol. The van der Waals surface area contributed by atoms with Crippen LogP contribution >= 0.6 is 0 Å². The van der Waals surface area contributed by atoms with Gasteiger partial charge < -0.3 is 26.2 Å². The Bertz CT molecular complexity index is 1220. The second-order valence-corrected chi connectivity index (χ2v) is 7.28. The summed E-state index contributed by atoms with van der Waals surface area (Å²) in [5.41, 5.74) is 8.52. The molecule has 1 aromatic carbocycles. The molecule has 0 aliphatic rings. The number of aromatic amines is 1. The van der Waals surface area contributed by atoms with E-state index in [1.54, 1.807) is 6.20 Å². The minimum atomic E-state index is -1.23. The highest BCUT2D eigenvalue weighted by atomic mass is 16.4. The smallest absolute Gasteiger partial charge is 0.326 e. The Morgan fingerprint density at radius 1 is 1.13 bits per heavy atom. The molecule has 1 amide bonds. The Labute approximate surface area is 221 Å². The van der Waals surface area contributed by atoms with Crippen molar-refractivity contribution in [3.05, 3.63) is 52.1 Å². The van der Waals surface area contributed by atoms with Crippen molar-refractivity contribution < 1.29 is 24.6 Å². The van der Waals surface area contributed by atoms with Crippen LogP contribution in [0, 0.1) is 6.92 Å². The first-order valence-electron chi connectivity index (χ1n) is 12.0. The third kappa shape index (κ3) is 11.5. The molecule has 13 nitrogen and oxygen atoms in total. The molecule has 0 spiro atoms. The number of nitrogens with two attached hydrogens (primary N) is 1. The Morgan fingerprint density at radius 2 is 1.74 bits per heavy atom. The largest absolute Gasteiger partial charge is 0.481 e. The second kappa shape index (κ2) is 17.8. The number of aliphatic carboxylic acids is 2. The fourth-order valence-electron chi connectivity index (χ4n) is 2.81. The molecule has 0 aliphatic heterocycles. The summed E-state index contributed by atoms with van der Waals surface area (Å²) >= 11 is 0. The summed E-state index contributed by atoms with van der Waals surface area (Å²) in [7, 11) is 1.96. The van der Waals surface area contributed by atoms with Crippen molar-refractivity contribution >= 4 is 41.1 Å². The lowest BCUT2D eigenvalue weighted by Crippen LogP contribution is -2.36. The number of nitrogen functional groups attached to an aromatic ring is 1. The molecule has 0 saturated carbocycles. The summed E-state index contributed by atoms with van der Waals surface area (Å²) in [6.45, 7) is 10.6. The highest BCUT2D eigenvalue weighted by Crippen LogP contribution is 2.15. The van der Waals surface area contributed by atoms with Gasteiger partial charge in [-0.2, -0.15) is 4.98 Å². The van der Waals surface area contributed by atoms with Crippen LogP contribution in [0.1, 0.15) is 51.8 Å². The van der Waals surface area contributed by atoms with Crippen LogP contribution in [0.5, 0.6) is 0 Å². The third-order valence-corrected chi connectivity index (χ3v) is 4.57. The van der Waals surface area contributed by atoms with E-state index in [9.17, 15) is 19.2 Å². The summed E-state index contributed by atoms with van der Waals surface area (Å²) in [6.07, 6.45) is 1.46. The van der Waals surface area contributed by atoms with E-state index in [0.29, 0.717) is 12.2 Å². The van der Waals surface area contributed by atoms with Gasteiger partial charge in [0, 0.05) is 19.2 Å². The lowest BCUT2D eigenvalue weighted by Gasteiger charge is -2.18. The molecule has 0 saturated heterocycles. The molecule has 0 fully saturated rings. The van der Waals surface area contributed by atoms with Crippen molar-refractivity contribution in [2.75, 3.05) is 17.7 Å². The maximum atomic E-state index is 11.9. The molecule has 3 rings (SSSR count). The van der Waals surface area contributed by atoms with E-state index in [1.165, 1.54) is 5.56 Å². The van der Waals surface area contributed by atoms with E-state index >= 15 is 0 Å². The van der Waals surface area contributed by atoms with Crippen LogP contribution in [-0.2, 0) is 20.9 Å². The summed E-state index contributed by atoms with van der Waals surface area (Å²) < 4.78 is 0. The molecule has 13 heteroatoms. The Balaban J connectivity index is 0.000000732. The van der Waals surface area contributed by atoms with E-state index in [2.05, 4.69) is 32.1 Å². The molecule has 208 valence electrons. The Kier molecular flexibility index (Phi) is 15.7. The van der Waals surface area contributed by atoms with Crippen LogP contribution in [-0.4, -0.2) is 61.6 Å². The number of hydrogen-bond acceptors (Lipinski definition) is 9. The lowest BCUT2D eigenvalue weighted by molar-refractivity contribution is -0.141. The van der Waals surface area contributed by atoms with Crippen molar-refractivity contribution in [3.8, 4) is 0 Å². The summed E-state index contributed by atoms with van der Waals surface area (Å²) in [6, 6.07) is 7.07. The van der Waals surface area contributed by atoms with Gasteiger partial charge >= 0.3 is 11.9 Å². The van der Waals surface area contributed by atoms with Crippen molar-refractivity contribution in [3.63, 3.8) is 0 Å². The zero-order valence-corrected chi connectivity index (χ0v) is 22.6. The summed E-state index contributed by atoms with van der Waals surface area (Å²) in [4.78, 5) is 58.9. The minimum Gasteiger partial charge on any atom is -0.481 e. The second-order valence-electron chi connectivity index (χ2n) is 7.28. The van der Waals surface area contributed by atoms with E-state index in [-0.39, 0.29) is 41.9 Å². The minimum absolute atomic E-state index is 0.0383. The first-order valence-corrected chi connectivity index (χ1v) is 12.0. The quantitative estimate of drug-likeness (QED) is 0.253. The van der Waals surface area contributed by atoms with E-state index in [1.807, 2.05) is 64.0 Å². The molecule has 38 heavy (non-hydrogen) atoms.